The highest BCUT2D eigenvalue weighted by molar-refractivity contribution is 5.93. The first-order valence-electron chi connectivity index (χ1n) is 6.82. The van der Waals surface area contributed by atoms with Crippen molar-refractivity contribution in [2.75, 3.05) is 25.0 Å². The van der Waals surface area contributed by atoms with Gasteiger partial charge in [-0.2, -0.15) is 0 Å². The molecule has 1 fully saturated rings. The smallest absolute Gasteiger partial charge is 0.238 e. The van der Waals surface area contributed by atoms with Crippen LogP contribution in [-0.4, -0.2) is 41.7 Å². The predicted octanol–water partition coefficient (Wildman–Crippen LogP) is 1.70. The second-order valence-electron chi connectivity index (χ2n) is 5.40. The summed E-state index contributed by atoms with van der Waals surface area (Å²) in [4.78, 5) is 14.0. The third-order valence-electron chi connectivity index (χ3n) is 3.52. The van der Waals surface area contributed by atoms with Crippen LogP contribution in [0.1, 0.15) is 24.0 Å². The number of β-amino-alcohol motifs (C(OH)–C–C–N with tert-alkyl or cyclic N) is 1. The molecular weight excluding hydrogens is 240 g/mol. The minimum Gasteiger partial charge on any atom is -0.392 e. The molecule has 1 heterocycles. The third kappa shape index (κ3) is 4.04. The van der Waals surface area contributed by atoms with Gasteiger partial charge in [-0.25, -0.2) is 0 Å². The zero-order valence-corrected chi connectivity index (χ0v) is 11.6. The molecule has 2 N–H and O–H groups in total. The van der Waals surface area contributed by atoms with Gasteiger partial charge in [0.25, 0.3) is 0 Å². The number of carbonyl (C=O) groups is 1. The predicted molar refractivity (Wildman–Crippen MR) is 76.2 cm³/mol. The summed E-state index contributed by atoms with van der Waals surface area (Å²) in [6.07, 6.45) is 1.51. The summed E-state index contributed by atoms with van der Waals surface area (Å²) in [6.45, 7) is 5.83. The normalized spacial score (nSPS) is 20.3. The molecule has 0 aliphatic carbocycles. The first kappa shape index (κ1) is 14.0. The van der Waals surface area contributed by atoms with Crippen molar-refractivity contribution < 1.29 is 9.90 Å². The summed E-state index contributed by atoms with van der Waals surface area (Å²) in [7, 11) is 0. The van der Waals surface area contributed by atoms with E-state index in [0.717, 1.165) is 36.2 Å². The molecule has 0 unspecified atom stereocenters. The molecule has 0 saturated carbocycles. The molecule has 0 aromatic heterocycles. The van der Waals surface area contributed by atoms with Crippen LogP contribution >= 0.6 is 0 Å². The van der Waals surface area contributed by atoms with E-state index in [0.29, 0.717) is 13.1 Å². The highest BCUT2D eigenvalue weighted by Gasteiger charge is 2.19. The topological polar surface area (TPSA) is 52.6 Å². The van der Waals surface area contributed by atoms with E-state index in [1.54, 1.807) is 0 Å². The number of aryl methyl sites for hydroxylation is 2. The van der Waals surface area contributed by atoms with Gasteiger partial charge in [-0.05, 0) is 50.4 Å². The van der Waals surface area contributed by atoms with Crippen molar-refractivity contribution in [1.29, 1.82) is 0 Å². The monoisotopic (exact) mass is 262 g/mol. The zero-order chi connectivity index (χ0) is 13.8. The lowest BCUT2D eigenvalue weighted by atomic mass is 10.1. The standard InChI is InChI=1S/C15H22N2O2/c1-11-5-6-12(2)14(8-11)16-15(19)10-17-7-3-4-13(18)9-17/h5-6,8,13,18H,3-4,7,9-10H2,1-2H3,(H,16,19)/t13-/m0/s1. The number of hydrogen-bond acceptors (Lipinski definition) is 3. The van der Waals surface area contributed by atoms with Crippen LogP contribution in [0.3, 0.4) is 0 Å². The Kier molecular flexibility index (Phi) is 4.56. The van der Waals surface area contributed by atoms with E-state index in [4.69, 9.17) is 0 Å². The summed E-state index contributed by atoms with van der Waals surface area (Å²) < 4.78 is 0. The van der Waals surface area contributed by atoms with Crippen molar-refractivity contribution in [3.63, 3.8) is 0 Å². The fraction of sp³-hybridized carbons (Fsp3) is 0.533. The van der Waals surface area contributed by atoms with E-state index in [2.05, 4.69) is 5.32 Å². The Morgan fingerprint density at radius 1 is 1.47 bits per heavy atom. The maximum Gasteiger partial charge on any atom is 0.238 e. The Morgan fingerprint density at radius 3 is 3.00 bits per heavy atom. The van der Waals surface area contributed by atoms with Crippen molar-refractivity contribution in [3.05, 3.63) is 29.3 Å². The van der Waals surface area contributed by atoms with Gasteiger partial charge in [0, 0.05) is 12.2 Å². The third-order valence-corrected chi connectivity index (χ3v) is 3.52. The van der Waals surface area contributed by atoms with Crippen LogP contribution in [0.2, 0.25) is 0 Å². The highest BCUT2D eigenvalue weighted by Crippen LogP contribution is 2.16. The van der Waals surface area contributed by atoms with Crippen molar-refractivity contribution in [1.82, 2.24) is 4.90 Å². The first-order valence-corrected chi connectivity index (χ1v) is 6.82. The molecule has 0 spiro atoms. The number of aliphatic hydroxyl groups is 1. The number of aliphatic hydroxyl groups excluding tert-OH is 1. The van der Waals surface area contributed by atoms with Gasteiger partial charge in [-0.3, -0.25) is 9.69 Å². The van der Waals surface area contributed by atoms with Crippen molar-refractivity contribution in [2.45, 2.75) is 32.8 Å². The van der Waals surface area contributed by atoms with Crippen LogP contribution in [-0.2, 0) is 4.79 Å². The van der Waals surface area contributed by atoms with Crippen molar-refractivity contribution in [2.24, 2.45) is 0 Å². The van der Waals surface area contributed by atoms with E-state index >= 15 is 0 Å². The molecule has 1 atom stereocenters. The van der Waals surface area contributed by atoms with Crippen molar-refractivity contribution in [3.8, 4) is 0 Å². The zero-order valence-electron chi connectivity index (χ0n) is 11.6. The summed E-state index contributed by atoms with van der Waals surface area (Å²) >= 11 is 0. The number of piperidine rings is 1. The Balaban J connectivity index is 1.92. The average Bonchev–Trinajstić information content (AvgIpc) is 2.34. The van der Waals surface area contributed by atoms with Gasteiger partial charge in [0.1, 0.15) is 0 Å². The second kappa shape index (κ2) is 6.17. The quantitative estimate of drug-likeness (QED) is 0.871. The minimum absolute atomic E-state index is 0.0113. The molecule has 1 aliphatic heterocycles. The minimum atomic E-state index is -0.290. The van der Waals surface area contributed by atoms with Gasteiger partial charge in [0.2, 0.25) is 5.91 Å². The molecule has 104 valence electrons. The number of likely N-dealkylation sites (tertiary alicyclic amines) is 1. The van der Waals surface area contributed by atoms with Gasteiger partial charge in [0.05, 0.1) is 12.6 Å². The lowest BCUT2D eigenvalue weighted by molar-refractivity contribution is -0.118. The molecule has 2 rings (SSSR count). The molecule has 1 aromatic carbocycles. The molecular formula is C15H22N2O2. The van der Waals surface area contributed by atoms with Gasteiger partial charge in [0.15, 0.2) is 0 Å². The van der Waals surface area contributed by atoms with Crippen LogP contribution in [0.5, 0.6) is 0 Å². The summed E-state index contributed by atoms with van der Waals surface area (Å²) in [5, 5.41) is 12.5. The van der Waals surface area contributed by atoms with Crippen LogP contribution in [0, 0.1) is 13.8 Å². The van der Waals surface area contributed by atoms with E-state index < -0.39 is 0 Å². The van der Waals surface area contributed by atoms with Crippen LogP contribution in [0.4, 0.5) is 5.69 Å². The highest BCUT2D eigenvalue weighted by atomic mass is 16.3. The molecule has 1 saturated heterocycles. The maximum atomic E-state index is 12.0. The number of benzene rings is 1. The SMILES string of the molecule is Cc1ccc(C)c(NC(=O)CN2CCC[C@H](O)C2)c1. The Bertz CT molecular complexity index is 459. The molecule has 0 bridgehead atoms. The average molecular weight is 262 g/mol. The largest absolute Gasteiger partial charge is 0.392 e. The lowest BCUT2D eigenvalue weighted by Crippen LogP contribution is -2.42. The van der Waals surface area contributed by atoms with Crippen LogP contribution in [0.25, 0.3) is 0 Å². The fourth-order valence-electron chi connectivity index (χ4n) is 2.44. The second-order valence-corrected chi connectivity index (χ2v) is 5.40. The van der Waals surface area contributed by atoms with Gasteiger partial charge < -0.3 is 10.4 Å². The number of nitrogens with one attached hydrogen (secondary N) is 1. The molecule has 4 nitrogen and oxygen atoms in total. The molecule has 4 heteroatoms. The number of hydrogen-bond donors (Lipinski definition) is 2. The molecule has 19 heavy (non-hydrogen) atoms. The van der Waals surface area contributed by atoms with Crippen molar-refractivity contribution >= 4 is 11.6 Å². The first-order chi connectivity index (χ1) is 9.04. The van der Waals surface area contributed by atoms with Crippen LogP contribution < -0.4 is 5.32 Å². The molecule has 0 radical (unpaired) electrons. The van der Waals surface area contributed by atoms with E-state index in [1.807, 2.05) is 36.9 Å². The summed E-state index contributed by atoms with van der Waals surface area (Å²) in [6, 6.07) is 6.03. The number of nitrogens with zero attached hydrogens (tertiary/aromatic N) is 1. The molecule has 1 aromatic rings. The van der Waals surface area contributed by atoms with E-state index in [1.165, 1.54) is 0 Å². The van der Waals surface area contributed by atoms with E-state index in [9.17, 15) is 9.90 Å². The number of rotatable bonds is 3. The lowest BCUT2D eigenvalue weighted by Gasteiger charge is -2.29. The molecule has 1 amide bonds. The summed E-state index contributed by atoms with van der Waals surface area (Å²) in [5.41, 5.74) is 3.08. The number of carbonyl (C=O) groups excluding carboxylic acids is 1. The number of anilines is 1. The molecule has 1 aliphatic rings. The van der Waals surface area contributed by atoms with Gasteiger partial charge in [-0.15, -0.1) is 0 Å². The van der Waals surface area contributed by atoms with E-state index in [-0.39, 0.29) is 12.0 Å². The van der Waals surface area contributed by atoms with Crippen LogP contribution in [0.15, 0.2) is 18.2 Å². The number of amides is 1. The fourth-order valence-corrected chi connectivity index (χ4v) is 2.44. The van der Waals surface area contributed by atoms with Gasteiger partial charge >= 0.3 is 0 Å². The Labute approximate surface area is 114 Å². The maximum absolute atomic E-state index is 12.0. The summed E-state index contributed by atoms with van der Waals surface area (Å²) in [5.74, 6) is -0.0113. The Morgan fingerprint density at radius 2 is 2.26 bits per heavy atom. The van der Waals surface area contributed by atoms with Gasteiger partial charge in [-0.1, -0.05) is 12.1 Å². The Hall–Kier alpha value is -1.39.